The van der Waals surface area contributed by atoms with Crippen LogP contribution >= 0.6 is 38.8 Å². The number of carbonyl (C=O) groups is 3. The molecule has 21 heteroatoms. The Labute approximate surface area is 348 Å². The van der Waals surface area contributed by atoms with E-state index in [1.54, 1.807) is 6.07 Å². The Morgan fingerprint density at radius 3 is 2.07 bits per heavy atom. The summed E-state index contributed by atoms with van der Waals surface area (Å²) in [4.78, 5) is 79.3. The number of carbonyl (C=O) groups excluding carboxylic acids is 3. The molecule has 1 unspecified atom stereocenters. The lowest BCUT2D eigenvalue weighted by Crippen LogP contribution is -2.71. The van der Waals surface area contributed by atoms with Crippen molar-refractivity contribution in [3.05, 3.63) is 86.4 Å². The number of rotatable bonds is 16. The van der Waals surface area contributed by atoms with Crippen LogP contribution in [0.25, 0.3) is 0 Å². The highest BCUT2D eigenvalue weighted by atomic mass is 35.5. The Kier molecular flexibility index (Phi) is 13.9. The zero-order valence-corrected chi connectivity index (χ0v) is 35.7. The first-order valence-corrected chi connectivity index (χ1v) is 22.1. The van der Waals surface area contributed by atoms with Crippen LogP contribution in [0.1, 0.15) is 81.0 Å². The average molecular weight is 908 g/mol. The summed E-state index contributed by atoms with van der Waals surface area (Å²) in [5.41, 5.74) is -2.77. The van der Waals surface area contributed by atoms with Crippen molar-refractivity contribution in [2.45, 2.75) is 102 Å². The van der Waals surface area contributed by atoms with Crippen molar-refractivity contribution in [1.82, 2.24) is 10.6 Å². The first-order valence-electron chi connectivity index (χ1n) is 18.3. The van der Waals surface area contributed by atoms with Crippen molar-refractivity contribution in [2.24, 2.45) is 0 Å². The second-order valence-corrected chi connectivity index (χ2v) is 18.7. The zero-order chi connectivity index (χ0) is 43.7. The Hall–Kier alpha value is -3.79. The molecule has 6 N–H and O–H groups in total. The summed E-state index contributed by atoms with van der Waals surface area (Å²) < 4.78 is 73.4. The first kappa shape index (κ1) is 46.3. The Morgan fingerprint density at radius 2 is 1.47 bits per heavy atom. The van der Waals surface area contributed by atoms with Gasteiger partial charge in [0.05, 0.1) is 22.0 Å². The largest absolute Gasteiger partial charge is 0.524 e. The molecule has 0 radical (unpaired) electrons. The molecule has 3 aliphatic rings. The minimum absolute atomic E-state index is 0.0112. The maximum Gasteiger partial charge on any atom is 0.524 e. The number of halogens is 4. The van der Waals surface area contributed by atoms with Gasteiger partial charge in [0.15, 0.2) is 6.61 Å². The van der Waals surface area contributed by atoms with E-state index in [9.17, 15) is 51.9 Å². The van der Waals surface area contributed by atoms with Crippen molar-refractivity contribution in [2.75, 3.05) is 6.61 Å². The Morgan fingerprint density at radius 1 is 0.864 bits per heavy atom. The van der Waals surface area contributed by atoms with Crippen LogP contribution in [0.15, 0.2) is 42.5 Å². The molecule has 2 amide bonds. The van der Waals surface area contributed by atoms with Crippen molar-refractivity contribution >= 4 is 56.6 Å². The maximum atomic E-state index is 14.1. The predicted molar refractivity (Wildman–Crippen MR) is 210 cm³/mol. The molecule has 1 atom stereocenters. The zero-order valence-electron chi connectivity index (χ0n) is 32.4. The number of esters is 1. The smallest absolute Gasteiger partial charge is 0.484 e. The molecule has 3 aliphatic carbocycles. The van der Waals surface area contributed by atoms with Crippen molar-refractivity contribution in [3.8, 4) is 17.2 Å². The fourth-order valence-corrected chi connectivity index (χ4v) is 9.16. The number of hydrogen-bond acceptors (Lipinski definition) is 9. The van der Waals surface area contributed by atoms with E-state index in [0.29, 0.717) is 18.4 Å². The quantitative estimate of drug-likeness (QED) is 0.0642. The maximum absolute atomic E-state index is 14.1. The average Bonchev–Trinajstić information content (AvgIpc) is 3.10. The summed E-state index contributed by atoms with van der Waals surface area (Å²) in [5, 5.41) is 5.86. The number of hydrogen-bond donors (Lipinski definition) is 6. The van der Waals surface area contributed by atoms with Gasteiger partial charge in [-0.25, -0.2) is 17.9 Å². The Bertz CT molecular complexity index is 2220. The van der Waals surface area contributed by atoms with Gasteiger partial charge in [0.2, 0.25) is 5.91 Å². The van der Waals surface area contributed by atoms with Crippen LogP contribution in [0.5, 0.6) is 17.2 Å². The third-order valence-electron chi connectivity index (χ3n) is 10.6. The molecule has 0 heterocycles. The number of nitrogens with one attached hydrogen (secondary N) is 2. The van der Waals surface area contributed by atoms with Gasteiger partial charge in [-0.1, -0.05) is 43.1 Å². The summed E-state index contributed by atoms with van der Waals surface area (Å²) in [6.07, 6.45) is -0.0510. The third-order valence-corrected chi connectivity index (χ3v) is 12.1. The van der Waals surface area contributed by atoms with Gasteiger partial charge in [0, 0.05) is 35.4 Å². The van der Waals surface area contributed by atoms with Gasteiger partial charge in [0.1, 0.15) is 35.0 Å². The number of benzene rings is 3. The second kappa shape index (κ2) is 17.7. The summed E-state index contributed by atoms with van der Waals surface area (Å²) in [6, 6.07) is 9.08. The molecule has 0 aromatic heterocycles. The summed E-state index contributed by atoms with van der Waals surface area (Å²) in [5.74, 6) is -3.72. The van der Waals surface area contributed by atoms with Crippen LogP contribution in [0.4, 0.5) is 8.78 Å². The van der Waals surface area contributed by atoms with Crippen LogP contribution in [0.2, 0.25) is 10.0 Å². The molecule has 322 valence electrons. The van der Waals surface area contributed by atoms with Crippen LogP contribution < -0.4 is 24.4 Å². The van der Waals surface area contributed by atoms with Gasteiger partial charge in [0.25, 0.3) is 5.91 Å². The molecule has 15 nitrogen and oxygen atoms in total. The number of ether oxygens (including phenoxy) is 2. The topological polar surface area (TPSA) is 227 Å². The number of phosphoric acid groups is 2. The fourth-order valence-electron chi connectivity index (χ4n) is 8.01. The Balaban J connectivity index is 1.39. The van der Waals surface area contributed by atoms with E-state index in [1.807, 2.05) is 0 Å². The van der Waals surface area contributed by atoms with E-state index in [1.165, 1.54) is 52.0 Å². The van der Waals surface area contributed by atoms with Crippen molar-refractivity contribution < 1.29 is 70.4 Å². The molecule has 3 aromatic carbocycles. The molecule has 0 spiro atoms. The summed E-state index contributed by atoms with van der Waals surface area (Å²) >= 11 is 11.5. The minimum Gasteiger partial charge on any atom is -0.484 e. The molecule has 3 aromatic rings. The fraction of sp³-hybridized carbons (Fsp3) is 0.447. The summed E-state index contributed by atoms with van der Waals surface area (Å²) in [7, 11) is -10.3. The van der Waals surface area contributed by atoms with E-state index in [0.717, 1.165) is 12.1 Å². The van der Waals surface area contributed by atoms with E-state index in [2.05, 4.69) is 10.6 Å². The SMILES string of the molecule is Cc1cc(OP(=O)(O)O)c(C(C)(C)CC(=O)OC2CC3(NC(=O)COc4ccc(Cl)c(F)c4)CCC2(NC(=O)CCc2ccc(Cl)c(F)c2)CC3)c(C)c1OP(=O)(O)O. The molecule has 6 rings (SSSR count). The molecular formula is C38H44Cl2F2N2O13P2. The van der Waals surface area contributed by atoms with Gasteiger partial charge < -0.3 is 29.2 Å². The van der Waals surface area contributed by atoms with Gasteiger partial charge in [-0.2, -0.15) is 0 Å². The summed E-state index contributed by atoms with van der Waals surface area (Å²) in [6.45, 7) is 5.34. The lowest BCUT2D eigenvalue weighted by Gasteiger charge is -2.57. The van der Waals surface area contributed by atoms with E-state index in [-0.39, 0.29) is 76.1 Å². The molecule has 3 saturated carbocycles. The minimum atomic E-state index is -5.19. The van der Waals surface area contributed by atoms with Gasteiger partial charge in [-0.05, 0) is 93.0 Å². The van der Waals surface area contributed by atoms with E-state index >= 15 is 0 Å². The number of aryl methyl sites for hydroxylation is 2. The van der Waals surface area contributed by atoms with Crippen LogP contribution in [-0.4, -0.2) is 61.1 Å². The molecule has 59 heavy (non-hydrogen) atoms. The van der Waals surface area contributed by atoms with Gasteiger partial charge in [-0.3, -0.25) is 34.0 Å². The first-order chi connectivity index (χ1) is 27.3. The predicted octanol–water partition coefficient (Wildman–Crippen LogP) is 6.81. The standard InChI is InChI=1S/C38H44Cl2F2N2O13P2/c1-21-15-29(56-58(48,49)50)34(22(2)35(21)57-59(51,52)53)36(3,4)19-33(47)55-30-18-37(43-32(46)20-54-24-7-9-26(40)28(42)17-24)11-13-38(30,14-12-37)44-31(45)10-6-23-5-8-25(39)27(41)16-23/h5,7-9,15-17,30H,6,10-14,18-20H2,1-4H3,(H,43,46)(H,44,45)(H2,48,49,50)(H2,51,52,53). The normalized spacial score (nSPS) is 20.4. The van der Waals surface area contributed by atoms with Gasteiger partial charge in [-0.15, -0.1) is 0 Å². The highest BCUT2D eigenvalue weighted by Crippen LogP contribution is 2.52. The number of fused-ring (bicyclic) bond motifs is 3. The molecule has 0 aliphatic heterocycles. The number of phosphoric ester groups is 2. The van der Waals surface area contributed by atoms with Crippen LogP contribution in [-0.2, 0) is 40.1 Å². The highest BCUT2D eigenvalue weighted by molar-refractivity contribution is 7.47. The third kappa shape index (κ3) is 11.7. The molecule has 0 saturated heterocycles. The number of amides is 2. The molecule has 3 fully saturated rings. The lowest BCUT2D eigenvalue weighted by atomic mass is 9.59. The van der Waals surface area contributed by atoms with E-state index in [4.69, 9.17) is 41.7 Å². The van der Waals surface area contributed by atoms with Crippen LogP contribution in [0, 0.1) is 25.5 Å². The van der Waals surface area contributed by atoms with E-state index < -0.39 is 80.7 Å². The second-order valence-electron chi connectivity index (χ2n) is 15.6. The van der Waals surface area contributed by atoms with Crippen molar-refractivity contribution in [1.29, 1.82) is 0 Å². The lowest BCUT2D eigenvalue weighted by molar-refractivity contribution is -0.167. The van der Waals surface area contributed by atoms with Gasteiger partial charge >= 0.3 is 21.6 Å². The molecule has 2 bridgehead atoms. The highest BCUT2D eigenvalue weighted by Gasteiger charge is 2.57. The monoisotopic (exact) mass is 906 g/mol. The molecular weight excluding hydrogens is 863 g/mol. The van der Waals surface area contributed by atoms with Crippen LogP contribution in [0.3, 0.4) is 0 Å². The van der Waals surface area contributed by atoms with Crippen molar-refractivity contribution in [3.63, 3.8) is 0 Å².